The number of carbonyl (C=O) groups is 1. The van der Waals surface area contributed by atoms with Crippen LogP contribution in [0.3, 0.4) is 0 Å². The number of para-hydroxylation sites is 1. The summed E-state index contributed by atoms with van der Waals surface area (Å²) >= 11 is 0. The molecule has 27 heavy (non-hydrogen) atoms. The van der Waals surface area contributed by atoms with Gasteiger partial charge < -0.3 is 10.6 Å². The van der Waals surface area contributed by atoms with Crippen molar-refractivity contribution >= 4 is 23.0 Å². The molecule has 0 atom stereocenters. The van der Waals surface area contributed by atoms with E-state index in [-0.39, 0.29) is 16.9 Å². The summed E-state index contributed by atoms with van der Waals surface area (Å²) in [4.78, 5) is 12.3. The Morgan fingerprint density at radius 3 is 2.19 bits per heavy atom. The summed E-state index contributed by atoms with van der Waals surface area (Å²) in [6, 6.07) is 17.0. The molecule has 0 heterocycles. The van der Waals surface area contributed by atoms with Crippen LogP contribution in [0.4, 0.5) is 34.6 Å². The zero-order chi connectivity index (χ0) is 19.4. The summed E-state index contributed by atoms with van der Waals surface area (Å²) in [6.45, 7) is 0. The van der Waals surface area contributed by atoms with Gasteiger partial charge in [0, 0.05) is 11.4 Å². The molecule has 0 bridgehead atoms. The molecule has 0 aliphatic rings. The number of rotatable bonds is 4. The summed E-state index contributed by atoms with van der Waals surface area (Å²) in [7, 11) is 0. The first-order valence-corrected chi connectivity index (χ1v) is 7.94. The molecule has 138 valence electrons. The van der Waals surface area contributed by atoms with Crippen molar-refractivity contribution in [3.05, 3.63) is 89.7 Å². The van der Waals surface area contributed by atoms with Gasteiger partial charge in [0.1, 0.15) is 0 Å². The van der Waals surface area contributed by atoms with Crippen LogP contribution in [0.5, 0.6) is 0 Å². The molecule has 0 saturated heterocycles. The molecular formula is C20H14F4N2O. The van der Waals surface area contributed by atoms with Crippen molar-refractivity contribution in [2.45, 2.75) is 6.18 Å². The van der Waals surface area contributed by atoms with Gasteiger partial charge >= 0.3 is 6.18 Å². The average molecular weight is 374 g/mol. The lowest BCUT2D eigenvalue weighted by atomic mass is 10.1. The highest BCUT2D eigenvalue weighted by atomic mass is 19.4. The van der Waals surface area contributed by atoms with E-state index in [1.807, 2.05) is 0 Å². The van der Waals surface area contributed by atoms with Crippen molar-refractivity contribution in [1.82, 2.24) is 0 Å². The van der Waals surface area contributed by atoms with Crippen LogP contribution in [0.15, 0.2) is 72.8 Å². The zero-order valence-corrected chi connectivity index (χ0v) is 13.8. The van der Waals surface area contributed by atoms with Gasteiger partial charge in [-0.15, -0.1) is 0 Å². The summed E-state index contributed by atoms with van der Waals surface area (Å²) < 4.78 is 53.1. The van der Waals surface area contributed by atoms with E-state index >= 15 is 0 Å². The van der Waals surface area contributed by atoms with Crippen molar-refractivity contribution in [2.75, 3.05) is 10.6 Å². The second-order valence-electron chi connectivity index (χ2n) is 5.69. The molecule has 7 heteroatoms. The second kappa shape index (κ2) is 7.49. The molecule has 0 aromatic heterocycles. The molecule has 3 nitrogen and oxygen atoms in total. The number of hydrogen-bond donors (Lipinski definition) is 2. The summed E-state index contributed by atoms with van der Waals surface area (Å²) in [6.07, 6.45) is -4.51. The van der Waals surface area contributed by atoms with E-state index < -0.39 is 23.5 Å². The van der Waals surface area contributed by atoms with Crippen LogP contribution in [0, 0.1) is 5.82 Å². The first-order valence-electron chi connectivity index (χ1n) is 7.94. The molecule has 3 rings (SSSR count). The van der Waals surface area contributed by atoms with E-state index in [1.165, 1.54) is 30.3 Å². The molecule has 2 N–H and O–H groups in total. The molecule has 3 aromatic carbocycles. The van der Waals surface area contributed by atoms with Gasteiger partial charge in [-0.3, -0.25) is 4.79 Å². The van der Waals surface area contributed by atoms with Crippen LogP contribution in [-0.4, -0.2) is 5.91 Å². The van der Waals surface area contributed by atoms with Crippen LogP contribution in [0.25, 0.3) is 0 Å². The lowest BCUT2D eigenvalue weighted by Gasteiger charge is -2.13. The van der Waals surface area contributed by atoms with E-state index in [9.17, 15) is 22.4 Å². The van der Waals surface area contributed by atoms with Gasteiger partial charge in [0.15, 0.2) is 5.82 Å². The molecular weight excluding hydrogens is 360 g/mol. The Morgan fingerprint density at radius 1 is 0.815 bits per heavy atom. The number of amides is 1. The van der Waals surface area contributed by atoms with Gasteiger partial charge in [-0.05, 0) is 42.5 Å². The monoisotopic (exact) mass is 374 g/mol. The van der Waals surface area contributed by atoms with Crippen molar-refractivity contribution in [3.63, 3.8) is 0 Å². The molecule has 0 spiro atoms. The highest BCUT2D eigenvalue weighted by Crippen LogP contribution is 2.32. The minimum atomic E-state index is -4.51. The molecule has 3 aromatic rings. The maximum Gasteiger partial charge on any atom is 0.416 e. The fourth-order valence-electron chi connectivity index (χ4n) is 2.45. The minimum absolute atomic E-state index is 0.0596. The third-order valence-electron chi connectivity index (χ3n) is 3.74. The molecule has 0 radical (unpaired) electrons. The third-order valence-corrected chi connectivity index (χ3v) is 3.74. The van der Waals surface area contributed by atoms with Crippen LogP contribution < -0.4 is 10.6 Å². The standard InChI is InChI=1S/C20H14F4N2O/c21-18-16(19(27)26-14-7-2-1-3-8-14)10-5-11-17(18)25-15-9-4-6-13(12-15)20(22,23)24/h1-12,25H,(H,26,27). The smallest absolute Gasteiger partial charge is 0.353 e. The van der Waals surface area contributed by atoms with Gasteiger partial charge in [0.05, 0.1) is 16.8 Å². The van der Waals surface area contributed by atoms with Crippen LogP contribution >= 0.6 is 0 Å². The van der Waals surface area contributed by atoms with Crippen LogP contribution in [0.1, 0.15) is 15.9 Å². The van der Waals surface area contributed by atoms with Gasteiger partial charge in [-0.2, -0.15) is 13.2 Å². The van der Waals surface area contributed by atoms with Crippen molar-refractivity contribution in [2.24, 2.45) is 0 Å². The highest BCUT2D eigenvalue weighted by molar-refractivity contribution is 6.05. The zero-order valence-electron chi connectivity index (χ0n) is 13.8. The number of hydrogen-bond acceptors (Lipinski definition) is 2. The van der Waals surface area contributed by atoms with Gasteiger partial charge in [0.2, 0.25) is 0 Å². The fraction of sp³-hybridized carbons (Fsp3) is 0.0500. The fourth-order valence-corrected chi connectivity index (χ4v) is 2.45. The number of halogens is 4. The number of carbonyl (C=O) groups excluding carboxylic acids is 1. The maximum absolute atomic E-state index is 14.7. The Labute approximate surface area is 152 Å². The molecule has 0 saturated carbocycles. The van der Waals surface area contributed by atoms with E-state index in [2.05, 4.69) is 10.6 Å². The van der Waals surface area contributed by atoms with Crippen molar-refractivity contribution in [1.29, 1.82) is 0 Å². The molecule has 0 fully saturated rings. The number of anilines is 3. The maximum atomic E-state index is 14.7. The summed E-state index contributed by atoms with van der Waals surface area (Å²) in [5.74, 6) is -1.52. The third kappa shape index (κ3) is 4.44. The first kappa shape index (κ1) is 18.4. The normalized spacial score (nSPS) is 11.1. The van der Waals surface area contributed by atoms with Crippen LogP contribution in [-0.2, 0) is 6.18 Å². The highest BCUT2D eigenvalue weighted by Gasteiger charge is 2.30. The largest absolute Gasteiger partial charge is 0.416 e. The molecule has 0 unspecified atom stereocenters. The first-order chi connectivity index (χ1) is 12.8. The topological polar surface area (TPSA) is 41.1 Å². The average Bonchev–Trinajstić information content (AvgIpc) is 2.64. The molecule has 0 aliphatic carbocycles. The van der Waals surface area contributed by atoms with E-state index in [4.69, 9.17) is 0 Å². The number of benzene rings is 3. The Morgan fingerprint density at radius 2 is 1.48 bits per heavy atom. The van der Waals surface area contributed by atoms with E-state index in [0.717, 1.165) is 12.1 Å². The Hall–Kier alpha value is -3.35. The Bertz CT molecular complexity index is 956. The van der Waals surface area contributed by atoms with Gasteiger partial charge in [-0.1, -0.05) is 30.3 Å². The SMILES string of the molecule is O=C(Nc1ccccc1)c1cccc(Nc2cccc(C(F)(F)F)c2)c1F. The van der Waals surface area contributed by atoms with Gasteiger partial charge in [-0.25, -0.2) is 4.39 Å². The van der Waals surface area contributed by atoms with Crippen molar-refractivity contribution in [3.8, 4) is 0 Å². The molecule has 1 amide bonds. The van der Waals surface area contributed by atoms with Crippen LogP contribution in [0.2, 0.25) is 0 Å². The lowest BCUT2D eigenvalue weighted by Crippen LogP contribution is -2.14. The number of nitrogens with one attached hydrogen (secondary N) is 2. The Balaban J connectivity index is 1.84. The quantitative estimate of drug-likeness (QED) is 0.563. The minimum Gasteiger partial charge on any atom is -0.353 e. The van der Waals surface area contributed by atoms with E-state index in [0.29, 0.717) is 5.69 Å². The van der Waals surface area contributed by atoms with Crippen molar-refractivity contribution < 1.29 is 22.4 Å². The number of alkyl halides is 3. The van der Waals surface area contributed by atoms with E-state index in [1.54, 1.807) is 30.3 Å². The predicted octanol–water partition coefficient (Wildman–Crippen LogP) is 5.84. The summed E-state index contributed by atoms with van der Waals surface area (Å²) in [5.41, 5.74) is -0.626. The predicted molar refractivity (Wildman–Crippen MR) is 95.5 cm³/mol. The lowest BCUT2D eigenvalue weighted by molar-refractivity contribution is -0.137. The van der Waals surface area contributed by atoms with Gasteiger partial charge in [0.25, 0.3) is 5.91 Å². The Kier molecular flexibility index (Phi) is 5.12. The molecule has 0 aliphatic heterocycles. The second-order valence-corrected chi connectivity index (χ2v) is 5.69. The summed E-state index contributed by atoms with van der Waals surface area (Å²) in [5, 5.41) is 5.15.